The lowest BCUT2D eigenvalue weighted by Crippen LogP contribution is -2.32. The van der Waals surface area contributed by atoms with Gasteiger partial charge in [0.1, 0.15) is 29.5 Å². The summed E-state index contributed by atoms with van der Waals surface area (Å²) in [5.41, 5.74) is 0.284. The molecule has 5 rings (SSSR count). The SMILES string of the molecule is CC(C)N1Cc2c(n(CC(=O)Nc3ccc(F)cn3)c3cc(C4=CCC(F)(F)C4)nn3c2=O)C1=O. The van der Waals surface area contributed by atoms with Gasteiger partial charge in [-0.25, -0.2) is 18.2 Å². The van der Waals surface area contributed by atoms with Crippen LogP contribution in [0.5, 0.6) is 0 Å². The number of rotatable bonds is 5. The number of nitrogens with one attached hydrogen (secondary N) is 1. The van der Waals surface area contributed by atoms with Crippen LogP contribution in [0.1, 0.15) is 48.4 Å². The first-order chi connectivity index (χ1) is 16.5. The minimum Gasteiger partial charge on any atom is -0.330 e. The summed E-state index contributed by atoms with van der Waals surface area (Å²) in [5.74, 6) is -4.36. The number of nitrogens with zero attached hydrogens (tertiary/aromatic N) is 5. The maximum absolute atomic E-state index is 13.8. The Hall–Kier alpha value is -3.96. The van der Waals surface area contributed by atoms with E-state index in [4.69, 9.17) is 0 Å². The number of fused-ring (bicyclic) bond motifs is 2. The third-order valence-electron chi connectivity index (χ3n) is 6.11. The monoisotopic (exact) mass is 486 g/mol. The maximum Gasteiger partial charge on any atom is 0.280 e. The standard InChI is InChI=1S/C23H21F3N6O3/c1-12(2)30-10-15-20(22(30)35)31(11-18(33)28-17-4-3-14(24)9-27-17)19-7-16(29-32(19)21(15)34)13-5-6-23(25,26)8-13/h3-5,7,9,12H,6,8,10-11H2,1-2H3,(H,27,28,33). The molecule has 0 atom stereocenters. The van der Waals surface area contributed by atoms with Crippen LogP contribution < -0.4 is 10.9 Å². The van der Waals surface area contributed by atoms with E-state index in [1.807, 2.05) is 13.8 Å². The van der Waals surface area contributed by atoms with Crippen LogP contribution in [0.15, 0.2) is 35.3 Å². The highest BCUT2D eigenvalue weighted by Gasteiger charge is 2.38. The van der Waals surface area contributed by atoms with Gasteiger partial charge in [-0.3, -0.25) is 14.4 Å². The third-order valence-corrected chi connectivity index (χ3v) is 6.11. The fourth-order valence-electron chi connectivity index (χ4n) is 4.39. The highest BCUT2D eigenvalue weighted by Crippen LogP contribution is 2.39. The number of carbonyl (C=O) groups excluding carboxylic acids is 2. The predicted molar refractivity (Wildman–Crippen MR) is 119 cm³/mol. The Morgan fingerprint density at radius 3 is 2.66 bits per heavy atom. The Balaban J connectivity index is 1.60. The van der Waals surface area contributed by atoms with Gasteiger partial charge in [0.05, 0.1) is 24.0 Å². The molecular formula is C23H21F3N6O3. The molecule has 3 aromatic rings. The van der Waals surface area contributed by atoms with E-state index >= 15 is 0 Å². The van der Waals surface area contributed by atoms with Gasteiger partial charge >= 0.3 is 0 Å². The third kappa shape index (κ3) is 3.98. The number of anilines is 1. The smallest absolute Gasteiger partial charge is 0.280 e. The highest BCUT2D eigenvalue weighted by atomic mass is 19.3. The van der Waals surface area contributed by atoms with Gasteiger partial charge in [-0.15, -0.1) is 0 Å². The summed E-state index contributed by atoms with van der Waals surface area (Å²) in [4.78, 5) is 44.6. The Kier molecular flexibility index (Phi) is 5.26. The predicted octanol–water partition coefficient (Wildman–Crippen LogP) is 2.85. The molecule has 2 amide bonds. The van der Waals surface area contributed by atoms with E-state index in [0.717, 1.165) is 16.8 Å². The zero-order chi connectivity index (χ0) is 25.1. The summed E-state index contributed by atoms with van der Waals surface area (Å²) in [6, 6.07) is 3.65. The van der Waals surface area contributed by atoms with Gasteiger partial charge in [-0.05, 0) is 31.6 Å². The van der Waals surface area contributed by atoms with E-state index in [1.54, 1.807) is 0 Å². The van der Waals surface area contributed by atoms with Crippen LogP contribution in [0.3, 0.4) is 0 Å². The molecule has 12 heteroatoms. The maximum atomic E-state index is 13.8. The number of pyridine rings is 1. The van der Waals surface area contributed by atoms with E-state index < -0.39 is 42.0 Å². The van der Waals surface area contributed by atoms with Crippen molar-refractivity contribution < 1.29 is 22.8 Å². The van der Waals surface area contributed by atoms with Gasteiger partial charge in [0, 0.05) is 24.9 Å². The number of allylic oxidation sites excluding steroid dienone is 2. The van der Waals surface area contributed by atoms with Gasteiger partial charge in [0.2, 0.25) is 5.91 Å². The van der Waals surface area contributed by atoms with Gasteiger partial charge in [0.25, 0.3) is 17.4 Å². The van der Waals surface area contributed by atoms with Gasteiger partial charge in [0.15, 0.2) is 0 Å². The molecule has 1 aliphatic carbocycles. The molecule has 0 aromatic carbocycles. The van der Waals surface area contributed by atoms with Crippen molar-refractivity contribution in [3.05, 3.63) is 63.6 Å². The Morgan fingerprint density at radius 2 is 2.03 bits per heavy atom. The molecular weight excluding hydrogens is 465 g/mol. The molecule has 35 heavy (non-hydrogen) atoms. The molecule has 2 aliphatic rings. The molecule has 1 aliphatic heterocycles. The van der Waals surface area contributed by atoms with Crippen LogP contribution in [0.2, 0.25) is 0 Å². The molecule has 0 radical (unpaired) electrons. The van der Waals surface area contributed by atoms with Crippen molar-refractivity contribution >= 4 is 28.9 Å². The van der Waals surface area contributed by atoms with Crippen molar-refractivity contribution in [3.63, 3.8) is 0 Å². The van der Waals surface area contributed by atoms with Crippen molar-refractivity contribution in [2.75, 3.05) is 5.32 Å². The number of hydrogen-bond acceptors (Lipinski definition) is 5. The highest BCUT2D eigenvalue weighted by molar-refractivity contribution is 5.98. The first-order valence-corrected chi connectivity index (χ1v) is 11.0. The van der Waals surface area contributed by atoms with Crippen molar-refractivity contribution in [1.29, 1.82) is 0 Å². The first kappa shape index (κ1) is 22.8. The number of hydrogen-bond donors (Lipinski definition) is 1. The quantitative estimate of drug-likeness (QED) is 0.598. The first-order valence-electron chi connectivity index (χ1n) is 11.0. The van der Waals surface area contributed by atoms with E-state index in [9.17, 15) is 27.6 Å². The molecule has 1 N–H and O–H groups in total. The molecule has 182 valence electrons. The molecule has 4 heterocycles. The van der Waals surface area contributed by atoms with Gasteiger partial charge in [-0.1, -0.05) is 6.08 Å². The number of halogens is 3. The Bertz CT molecular complexity index is 1460. The number of carbonyl (C=O) groups is 2. The molecule has 0 saturated carbocycles. The summed E-state index contributed by atoms with van der Waals surface area (Å²) in [6.45, 7) is 3.27. The fraction of sp³-hybridized carbons (Fsp3) is 0.348. The zero-order valence-electron chi connectivity index (χ0n) is 18.9. The van der Waals surface area contributed by atoms with E-state index in [1.165, 1.54) is 27.7 Å². The minimum absolute atomic E-state index is 0.0394. The summed E-state index contributed by atoms with van der Waals surface area (Å²) >= 11 is 0. The Labute approximate surface area is 196 Å². The van der Waals surface area contributed by atoms with Crippen LogP contribution >= 0.6 is 0 Å². The number of aromatic nitrogens is 4. The topological polar surface area (TPSA) is 102 Å². The number of alkyl halides is 2. The van der Waals surface area contributed by atoms with E-state index in [-0.39, 0.29) is 47.5 Å². The molecule has 0 bridgehead atoms. The summed E-state index contributed by atoms with van der Waals surface area (Å²) < 4.78 is 43.1. The lowest BCUT2D eigenvalue weighted by Gasteiger charge is -2.20. The van der Waals surface area contributed by atoms with Crippen LogP contribution in [-0.2, 0) is 17.9 Å². The molecule has 0 saturated heterocycles. The van der Waals surface area contributed by atoms with E-state index in [0.29, 0.717) is 5.57 Å². The van der Waals surface area contributed by atoms with Gasteiger partial charge in [-0.2, -0.15) is 9.61 Å². The second kappa shape index (κ2) is 8.07. The molecule has 0 spiro atoms. The summed E-state index contributed by atoms with van der Waals surface area (Å²) in [6.07, 6.45) is 1.39. The zero-order valence-corrected chi connectivity index (χ0v) is 18.9. The van der Waals surface area contributed by atoms with Crippen molar-refractivity contribution in [2.45, 2.75) is 51.7 Å². The lowest BCUT2D eigenvalue weighted by atomic mass is 10.1. The molecule has 0 unspecified atom stereocenters. The molecule has 3 aromatic heterocycles. The Morgan fingerprint density at radius 1 is 1.26 bits per heavy atom. The van der Waals surface area contributed by atoms with Crippen LogP contribution in [0.4, 0.5) is 19.0 Å². The van der Waals surface area contributed by atoms with Crippen molar-refractivity contribution in [1.82, 2.24) is 24.1 Å². The second-order valence-electron chi connectivity index (χ2n) is 8.92. The second-order valence-corrected chi connectivity index (χ2v) is 8.92. The summed E-state index contributed by atoms with van der Waals surface area (Å²) in [7, 11) is 0. The van der Waals surface area contributed by atoms with Crippen molar-refractivity contribution in [3.8, 4) is 0 Å². The normalized spacial score (nSPS) is 16.8. The van der Waals surface area contributed by atoms with Crippen LogP contribution in [0, 0.1) is 5.82 Å². The summed E-state index contributed by atoms with van der Waals surface area (Å²) in [5, 5.41) is 6.79. The van der Waals surface area contributed by atoms with Crippen LogP contribution in [0.25, 0.3) is 11.2 Å². The van der Waals surface area contributed by atoms with Gasteiger partial charge < -0.3 is 14.8 Å². The van der Waals surface area contributed by atoms with Crippen molar-refractivity contribution in [2.24, 2.45) is 0 Å². The largest absolute Gasteiger partial charge is 0.330 e. The minimum atomic E-state index is -2.89. The fourth-order valence-corrected chi connectivity index (χ4v) is 4.39. The number of amides is 2. The molecule has 9 nitrogen and oxygen atoms in total. The van der Waals surface area contributed by atoms with E-state index in [2.05, 4.69) is 15.4 Å². The lowest BCUT2D eigenvalue weighted by molar-refractivity contribution is -0.116. The average Bonchev–Trinajstić information content (AvgIpc) is 3.48. The average molecular weight is 486 g/mol. The molecule has 0 fully saturated rings. The van der Waals surface area contributed by atoms with Crippen LogP contribution in [-0.4, -0.2) is 47.8 Å².